The largest absolute Gasteiger partial charge is 0.480 e. The van der Waals surface area contributed by atoms with Crippen LogP contribution in [0.3, 0.4) is 0 Å². The maximum atomic E-state index is 11.5. The van der Waals surface area contributed by atoms with E-state index in [1.165, 1.54) is 0 Å². The van der Waals surface area contributed by atoms with Crippen LogP contribution in [0.5, 0.6) is 0 Å². The SMILES string of the molecule is N[C@@H](CCC(=O)N[C@@H](CS)C(=O)NCC(=O)O)C(=O)O.N[C@@H](CCC(=O)N[C@@H](CS)C(=O)NCC(=O)O)C(=O)O.[Se]. The van der Waals surface area contributed by atoms with Gasteiger partial charge in [-0.25, -0.2) is 0 Å². The summed E-state index contributed by atoms with van der Waals surface area (Å²) in [6, 6.07) is -4.30. The number of carbonyl (C=O) groups excluding carboxylic acids is 4. The molecule has 0 saturated heterocycles. The van der Waals surface area contributed by atoms with E-state index in [1.807, 2.05) is 0 Å². The summed E-state index contributed by atoms with van der Waals surface area (Å²) in [6.45, 7) is -1.13. The van der Waals surface area contributed by atoms with Gasteiger partial charge in [-0.1, -0.05) is 0 Å². The Morgan fingerprint density at radius 1 is 0.610 bits per heavy atom. The van der Waals surface area contributed by atoms with Gasteiger partial charge in [0.2, 0.25) is 23.6 Å². The molecule has 0 bridgehead atoms. The zero-order valence-electron chi connectivity index (χ0n) is 21.5. The van der Waals surface area contributed by atoms with E-state index in [0.717, 1.165) is 0 Å². The maximum absolute atomic E-state index is 11.5. The molecule has 0 heterocycles. The fourth-order valence-corrected chi connectivity index (χ4v) is 2.83. The zero-order valence-corrected chi connectivity index (χ0v) is 25.0. The van der Waals surface area contributed by atoms with E-state index < -0.39 is 84.8 Å². The molecule has 0 unspecified atom stereocenters. The maximum Gasteiger partial charge on any atom is 0.322 e. The van der Waals surface area contributed by atoms with Crippen molar-refractivity contribution in [1.29, 1.82) is 0 Å². The fraction of sp³-hybridized carbons (Fsp3) is 0.600. The van der Waals surface area contributed by atoms with Crippen molar-refractivity contribution < 1.29 is 58.8 Å². The minimum absolute atomic E-state index is 0. The molecule has 4 amide bonds. The predicted octanol–water partition coefficient (Wildman–Crippen LogP) is -4.79. The van der Waals surface area contributed by atoms with E-state index in [2.05, 4.69) is 46.5 Å². The van der Waals surface area contributed by atoms with Crippen LogP contribution in [-0.4, -0.2) is 134 Å². The molecule has 4 atom stereocenters. The molecule has 18 nitrogen and oxygen atoms in total. The third-order valence-corrected chi connectivity index (χ3v) is 5.23. The summed E-state index contributed by atoms with van der Waals surface area (Å²) in [7, 11) is 0. The second-order valence-electron chi connectivity index (χ2n) is 7.80. The molecule has 0 saturated carbocycles. The molecule has 0 fully saturated rings. The molecule has 0 aliphatic heterocycles. The van der Waals surface area contributed by atoms with Crippen molar-refractivity contribution in [2.75, 3.05) is 24.6 Å². The third kappa shape index (κ3) is 22.3. The van der Waals surface area contributed by atoms with Crippen LogP contribution >= 0.6 is 25.3 Å². The number of hydrogen-bond donors (Lipinski definition) is 12. The van der Waals surface area contributed by atoms with Gasteiger partial charge in [-0.2, -0.15) is 25.3 Å². The van der Waals surface area contributed by atoms with Crippen LogP contribution in [0.15, 0.2) is 0 Å². The first kappa shape index (κ1) is 42.4. The van der Waals surface area contributed by atoms with E-state index in [9.17, 15) is 38.4 Å². The molecule has 12 N–H and O–H groups in total. The van der Waals surface area contributed by atoms with E-state index in [-0.39, 0.29) is 54.3 Å². The topological polar surface area (TPSA) is 318 Å². The molecule has 0 aromatic heterocycles. The van der Waals surface area contributed by atoms with Crippen molar-refractivity contribution in [3.05, 3.63) is 0 Å². The Kier molecular flexibility index (Phi) is 24.4. The van der Waals surface area contributed by atoms with Crippen molar-refractivity contribution in [2.24, 2.45) is 11.5 Å². The molecule has 21 heteroatoms. The Morgan fingerprint density at radius 3 is 1.12 bits per heavy atom. The molecule has 0 aromatic carbocycles. The molecule has 0 aliphatic carbocycles. The number of nitrogens with two attached hydrogens (primary N) is 2. The summed E-state index contributed by atoms with van der Waals surface area (Å²) in [5.74, 6) is -7.41. The summed E-state index contributed by atoms with van der Waals surface area (Å²) >= 11 is 7.75. The van der Waals surface area contributed by atoms with E-state index in [0.29, 0.717) is 0 Å². The molecule has 0 aliphatic rings. The number of thiol groups is 2. The first-order valence-corrected chi connectivity index (χ1v) is 12.6. The first-order valence-electron chi connectivity index (χ1n) is 11.3. The Labute approximate surface area is 255 Å². The number of nitrogens with one attached hydrogen (secondary N) is 4. The summed E-state index contributed by atoms with van der Waals surface area (Å²) in [4.78, 5) is 87.5. The van der Waals surface area contributed by atoms with Gasteiger partial charge in [0.25, 0.3) is 0 Å². The number of amides is 4. The quantitative estimate of drug-likeness (QED) is 0.0474. The molecule has 234 valence electrons. The number of aliphatic carboxylic acids is 4. The van der Waals surface area contributed by atoms with Crippen LogP contribution < -0.4 is 32.7 Å². The molecular formula is C20H34N6O12S2Se. The molecule has 41 heavy (non-hydrogen) atoms. The van der Waals surface area contributed by atoms with Crippen molar-refractivity contribution in [1.82, 2.24) is 21.3 Å². The Balaban J connectivity index is -0.000000688. The van der Waals surface area contributed by atoms with E-state index >= 15 is 0 Å². The Hall–Kier alpha value is -3.10. The molecular weight excluding hydrogens is 659 g/mol. The Bertz CT molecular complexity index is 857. The monoisotopic (exact) mass is 694 g/mol. The van der Waals surface area contributed by atoms with Crippen LogP contribution in [0, 0.1) is 0 Å². The predicted molar refractivity (Wildman–Crippen MR) is 148 cm³/mol. The van der Waals surface area contributed by atoms with Crippen LogP contribution in [0.2, 0.25) is 0 Å². The normalized spacial score (nSPS) is 12.8. The summed E-state index contributed by atoms with van der Waals surface area (Å²) in [5, 5.41) is 42.7. The number of carboxylic acid groups (broad SMARTS) is 4. The van der Waals surface area contributed by atoms with Crippen molar-refractivity contribution in [2.45, 2.75) is 49.9 Å². The van der Waals surface area contributed by atoms with Crippen LogP contribution in [0.4, 0.5) is 0 Å². The summed E-state index contributed by atoms with van der Waals surface area (Å²) in [5.41, 5.74) is 10.5. The van der Waals surface area contributed by atoms with Gasteiger partial charge in [0.1, 0.15) is 37.3 Å². The van der Waals surface area contributed by atoms with Crippen LogP contribution in [0.1, 0.15) is 25.7 Å². The molecule has 0 spiro atoms. The average molecular weight is 694 g/mol. The summed E-state index contributed by atoms with van der Waals surface area (Å²) < 4.78 is 0. The van der Waals surface area contributed by atoms with Gasteiger partial charge < -0.3 is 53.2 Å². The zero-order chi connectivity index (χ0) is 31.4. The Morgan fingerprint density at radius 2 is 0.902 bits per heavy atom. The fourth-order valence-electron chi connectivity index (χ4n) is 2.31. The third-order valence-electron chi connectivity index (χ3n) is 4.50. The standard InChI is InChI=1S/2C10H17N3O6S.Se/c2*11-5(10(18)19)1-2-7(14)13-6(4-20)9(17)12-3-8(15)16;/h2*5-6,20H,1-4,11H2,(H,12,17)(H,13,14)(H,15,16)(H,18,19);/t2*5-,6-;/m00./s1. The second kappa shape index (κ2) is 23.6. The van der Waals surface area contributed by atoms with Gasteiger partial charge in [0.05, 0.1) is 0 Å². The van der Waals surface area contributed by atoms with Crippen LogP contribution in [0.25, 0.3) is 0 Å². The second-order valence-corrected chi connectivity index (χ2v) is 8.53. The van der Waals surface area contributed by atoms with Gasteiger partial charge in [0, 0.05) is 41.4 Å². The van der Waals surface area contributed by atoms with Gasteiger partial charge in [-0.3, -0.25) is 38.4 Å². The summed E-state index contributed by atoms with van der Waals surface area (Å²) in [6.07, 6.45) is -0.470. The van der Waals surface area contributed by atoms with Crippen molar-refractivity contribution >= 4 is 89.8 Å². The van der Waals surface area contributed by atoms with Gasteiger partial charge in [0.15, 0.2) is 0 Å². The number of carboxylic acids is 4. The van der Waals surface area contributed by atoms with Crippen molar-refractivity contribution in [3.8, 4) is 0 Å². The molecule has 0 aromatic rings. The van der Waals surface area contributed by atoms with Gasteiger partial charge in [-0.15, -0.1) is 0 Å². The van der Waals surface area contributed by atoms with Crippen LogP contribution in [-0.2, 0) is 38.4 Å². The first-order chi connectivity index (χ1) is 18.5. The van der Waals surface area contributed by atoms with E-state index in [1.54, 1.807) is 0 Å². The van der Waals surface area contributed by atoms with Gasteiger partial charge >= 0.3 is 23.9 Å². The minimum Gasteiger partial charge on any atom is -0.480 e. The number of rotatable bonds is 18. The average Bonchev–Trinajstić information content (AvgIpc) is 2.89. The molecule has 0 rings (SSSR count). The number of hydrogen-bond acceptors (Lipinski definition) is 12. The molecule has 2 radical (unpaired) electrons. The minimum atomic E-state index is -1.22. The van der Waals surface area contributed by atoms with Gasteiger partial charge in [-0.05, 0) is 12.8 Å². The van der Waals surface area contributed by atoms with E-state index in [4.69, 9.17) is 31.9 Å². The smallest absolute Gasteiger partial charge is 0.322 e. The number of carbonyl (C=O) groups is 8. The van der Waals surface area contributed by atoms with Crippen molar-refractivity contribution in [3.63, 3.8) is 0 Å².